The molecule has 0 radical (unpaired) electrons. The van der Waals surface area contributed by atoms with Crippen LogP contribution < -0.4 is 0 Å². The number of hydrogen-bond donors (Lipinski definition) is 0. The van der Waals surface area contributed by atoms with Gasteiger partial charge < -0.3 is 4.57 Å². The van der Waals surface area contributed by atoms with Crippen LogP contribution in [0, 0.1) is 6.92 Å². The number of fused-ring (bicyclic) bond motifs is 6. The average Bonchev–Trinajstić information content (AvgIpc) is 3.42. The van der Waals surface area contributed by atoms with E-state index in [9.17, 15) is 0 Å². The zero-order valence-corrected chi connectivity index (χ0v) is 24.3. The van der Waals surface area contributed by atoms with Crippen LogP contribution in [-0.2, 0) is 0 Å². The molecule has 0 bridgehead atoms. The molecule has 0 aliphatic rings. The SMILES string of the molecule is Cc1ccc(-c2c3ccccc3c(-c3ccc(-n4c5ccccc5c5ccccc54)cn3)c3ccccc23)c2ccccc12. The van der Waals surface area contributed by atoms with Gasteiger partial charge in [0, 0.05) is 16.3 Å². The number of aromatic nitrogens is 2. The first-order valence-electron chi connectivity index (χ1n) is 15.1. The first-order chi connectivity index (χ1) is 21.8. The van der Waals surface area contributed by atoms with Gasteiger partial charge in [-0.15, -0.1) is 0 Å². The predicted octanol–water partition coefficient (Wildman–Crippen LogP) is 11.3. The van der Waals surface area contributed by atoms with E-state index in [1.54, 1.807) is 0 Å². The van der Waals surface area contributed by atoms with Crippen molar-refractivity contribution in [2.75, 3.05) is 0 Å². The number of nitrogens with zero attached hydrogens (tertiary/aromatic N) is 2. The molecular formula is C42H28N2. The van der Waals surface area contributed by atoms with Crippen molar-refractivity contribution in [1.82, 2.24) is 9.55 Å². The van der Waals surface area contributed by atoms with E-state index in [4.69, 9.17) is 4.98 Å². The molecule has 0 unspecified atom stereocenters. The van der Waals surface area contributed by atoms with Crippen molar-refractivity contribution in [1.29, 1.82) is 0 Å². The molecule has 2 heteroatoms. The molecule has 44 heavy (non-hydrogen) atoms. The Labute approximate surface area is 255 Å². The highest BCUT2D eigenvalue weighted by Crippen LogP contribution is 2.45. The van der Waals surface area contributed by atoms with Crippen molar-refractivity contribution in [3.63, 3.8) is 0 Å². The fraction of sp³-hybridized carbons (Fsp3) is 0.0238. The Morgan fingerprint density at radius 1 is 0.409 bits per heavy atom. The molecule has 0 atom stereocenters. The van der Waals surface area contributed by atoms with Crippen molar-refractivity contribution in [2.45, 2.75) is 6.92 Å². The molecule has 0 saturated carbocycles. The molecule has 9 rings (SSSR count). The Morgan fingerprint density at radius 2 is 0.886 bits per heavy atom. The van der Waals surface area contributed by atoms with Gasteiger partial charge in [0.2, 0.25) is 0 Å². The topological polar surface area (TPSA) is 17.8 Å². The highest BCUT2D eigenvalue weighted by atomic mass is 15.0. The van der Waals surface area contributed by atoms with E-state index in [2.05, 4.69) is 157 Å². The fourth-order valence-corrected chi connectivity index (χ4v) is 7.23. The highest BCUT2D eigenvalue weighted by molar-refractivity contribution is 6.23. The summed E-state index contributed by atoms with van der Waals surface area (Å²) in [7, 11) is 0. The molecule has 2 nitrogen and oxygen atoms in total. The predicted molar refractivity (Wildman–Crippen MR) is 187 cm³/mol. The van der Waals surface area contributed by atoms with Gasteiger partial charge in [-0.05, 0) is 80.2 Å². The Kier molecular flexibility index (Phi) is 5.45. The smallest absolute Gasteiger partial charge is 0.0716 e. The molecule has 0 saturated heterocycles. The van der Waals surface area contributed by atoms with E-state index in [0.717, 1.165) is 11.4 Å². The zero-order valence-electron chi connectivity index (χ0n) is 24.3. The summed E-state index contributed by atoms with van der Waals surface area (Å²) in [6, 6.07) is 52.6. The van der Waals surface area contributed by atoms with Gasteiger partial charge in [-0.3, -0.25) is 4.98 Å². The van der Waals surface area contributed by atoms with Crippen molar-refractivity contribution >= 4 is 54.1 Å². The molecule has 206 valence electrons. The second-order valence-electron chi connectivity index (χ2n) is 11.6. The monoisotopic (exact) mass is 560 g/mol. The van der Waals surface area contributed by atoms with Crippen molar-refractivity contribution < 1.29 is 0 Å². The van der Waals surface area contributed by atoms with Crippen LogP contribution in [0.5, 0.6) is 0 Å². The van der Waals surface area contributed by atoms with E-state index in [1.165, 1.54) is 76.4 Å². The largest absolute Gasteiger partial charge is 0.308 e. The Hall–Kier alpha value is -5.73. The summed E-state index contributed by atoms with van der Waals surface area (Å²) in [5.41, 5.74) is 9.41. The third-order valence-electron chi connectivity index (χ3n) is 9.19. The van der Waals surface area contributed by atoms with Crippen LogP contribution in [0.4, 0.5) is 0 Å². The van der Waals surface area contributed by atoms with Crippen molar-refractivity contribution in [3.05, 3.63) is 157 Å². The first kappa shape index (κ1) is 24.8. The van der Waals surface area contributed by atoms with Crippen LogP contribution in [0.15, 0.2) is 152 Å². The molecular weight excluding hydrogens is 532 g/mol. The van der Waals surface area contributed by atoms with Crippen LogP contribution in [0.25, 0.3) is 82.2 Å². The number of hydrogen-bond acceptors (Lipinski definition) is 1. The quantitative estimate of drug-likeness (QED) is 0.197. The normalized spacial score (nSPS) is 11.8. The molecule has 2 aromatic heterocycles. The standard InChI is InChI=1S/C42H28N2/c1-27-22-24-37(30-13-3-2-12-29(27)30)41-33-16-4-6-18-35(33)42(36-19-7-5-17-34(36)41)38-25-23-28(26-43-38)44-39-20-10-8-14-31(39)32-15-9-11-21-40(32)44/h2-26H,1H3. The number of para-hydroxylation sites is 2. The minimum atomic E-state index is 0.974. The van der Waals surface area contributed by atoms with Crippen LogP contribution in [0.3, 0.4) is 0 Å². The maximum atomic E-state index is 5.16. The molecule has 2 heterocycles. The molecule has 0 N–H and O–H groups in total. The Bertz CT molecular complexity index is 2440. The molecule has 0 spiro atoms. The summed E-state index contributed by atoms with van der Waals surface area (Å²) in [6.07, 6.45) is 2.03. The molecule has 0 aliphatic carbocycles. The lowest BCUT2D eigenvalue weighted by molar-refractivity contribution is 1.14. The third kappa shape index (κ3) is 3.58. The zero-order chi connectivity index (χ0) is 29.2. The Morgan fingerprint density at radius 3 is 1.43 bits per heavy atom. The average molecular weight is 561 g/mol. The lowest BCUT2D eigenvalue weighted by Gasteiger charge is -2.19. The number of benzene rings is 7. The molecule has 0 fully saturated rings. The molecule has 7 aromatic carbocycles. The second-order valence-corrected chi connectivity index (χ2v) is 11.6. The van der Waals surface area contributed by atoms with Crippen molar-refractivity contribution in [2.24, 2.45) is 0 Å². The molecule has 9 aromatic rings. The number of aryl methyl sites for hydroxylation is 1. The van der Waals surface area contributed by atoms with Gasteiger partial charge in [0.1, 0.15) is 0 Å². The van der Waals surface area contributed by atoms with Gasteiger partial charge in [-0.2, -0.15) is 0 Å². The summed E-state index contributed by atoms with van der Waals surface area (Å²) >= 11 is 0. The van der Waals surface area contributed by atoms with Gasteiger partial charge >= 0.3 is 0 Å². The van der Waals surface area contributed by atoms with Crippen LogP contribution in [0.2, 0.25) is 0 Å². The van der Waals surface area contributed by atoms with Crippen molar-refractivity contribution in [3.8, 4) is 28.1 Å². The summed E-state index contributed by atoms with van der Waals surface area (Å²) in [6.45, 7) is 2.19. The van der Waals surface area contributed by atoms with E-state index in [0.29, 0.717) is 0 Å². The maximum Gasteiger partial charge on any atom is 0.0716 e. The summed E-state index contributed by atoms with van der Waals surface area (Å²) in [5.74, 6) is 0. The number of pyridine rings is 1. The lowest BCUT2D eigenvalue weighted by atomic mass is 9.85. The van der Waals surface area contributed by atoms with E-state index < -0.39 is 0 Å². The summed E-state index contributed by atoms with van der Waals surface area (Å²) in [5, 5.41) is 9.98. The van der Waals surface area contributed by atoms with Gasteiger partial charge in [-0.25, -0.2) is 0 Å². The minimum Gasteiger partial charge on any atom is -0.308 e. The first-order valence-corrected chi connectivity index (χ1v) is 15.1. The fourth-order valence-electron chi connectivity index (χ4n) is 7.23. The maximum absolute atomic E-state index is 5.16. The van der Waals surface area contributed by atoms with E-state index >= 15 is 0 Å². The minimum absolute atomic E-state index is 0.974. The van der Waals surface area contributed by atoms with E-state index in [-0.39, 0.29) is 0 Å². The van der Waals surface area contributed by atoms with Crippen LogP contribution in [-0.4, -0.2) is 9.55 Å². The third-order valence-corrected chi connectivity index (χ3v) is 9.19. The number of rotatable bonds is 3. The summed E-state index contributed by atoms with van der Waals surface area (Å²) < 4.78 is 2.32. The van der Waals surface area contributed by atoms with Gasteiger partial charge in [0.15, 0.2) is 0 Å². The summed E-state index contributed by atoms with van der Waals surface area (Å²) in [4.78, 5) is 5.16. The Balaban J connectivity index is 1.30. The molecule has 0 amide bonds. The van der Waals surface area contributed by atoms with Crippen LogP contribution in [0.1, 0.15) is 5.56 Å². The van der Waals surface area contributed by atoms with E-state index in [1.807, 2.05) is 6.20 Å². The second kappa shape index (κ2) is 9.65. The van der Waals surface area contributed by atoms with Gasteiger partial charge in [0.05, 0.1) is 28.6 Å². The van der Waals surface area contributed by atoms with Crippen LogP contribution >= 0.6 is 0 Å². The highest BCUT2D eigenvalue weighted by Gasteiger charge is 2.19. The lowest BCUT2D eigenvalue weighted by Crippen LogP contribution is -1.97. The van der Waals surface area contributed by atoms with Gasteiger partial charge in [0.25, 0.3) is 0 Å². The molecule has 0 aliphatic heterocycles. The van der Waals surface area contributed by atoms with Gasteiger partial charge in [-0.1, -0.05) is 121 Å².